The summed E-state index contributed by atoms with van der Waals surface area (Å²) in [6, 6.07) is 7.40. The number of carbonyl (C=O) groups excluding carboxylic acids is 1. The second-order valence-corrected chi connectivity index (χ2v) is 5.70. The molecule has 0 spiro atoms. The number of anilines is 1. The summed E-state index contributed by atoms with van der Waals surface area (Å²) in [6.07, 6.45) is 0. The molecule has 0 aliphatic carbocycles. The third kappa shape index (κ3) is 2.89. The summed E-state index contributed by atoms with van der Waals surface area (Å²) in [7, 11) is 0. The van der Waals surface area contributed by atoms with E-state index >= 15 is 0 Å². The van der Waals surface area contributed by atoms with Crippen molar-refractivity contribution in [1.29, 1.82) is 0 Å². The van der Waals surface area contributed by atoms with Gasteiger partial charge >= 0.3 is 0 Å². The van der Waals surface area contributed by atoms with Gasteiger partial charge in [-0.2, -0.15) is 0 Å². The average molecular weight is 331 g/mol. The van der Waals surface area contributed by atoms with E-state index in [1.165, 1.54) is 11.3 Å². The number of hydrogen-bond acceptors (Lipinski definition) is 2. The van der Waals surface area contributed by atoms with E-state index in [1.54, 1.807) is 0 Å². The highest BCUT2D eigenvalue weighted by Crippen LogP contribution is 2.28. The van der Waals surface area contributed by atoms with Gasteiger partial charge in [-0.3, -0.25) is 4.79 Å². The fourth-order valence-corrected chi connectivity index (χ4v) is 2.74. The lowest BCUT2D eigenvalue weighted by Gasteiger charge is -2.04. The van der Waals surface area contributed by atoms with Crippen LogP contribution in [0.3, 0.4) is 0 Å². The molecule has 0 fully saturated rings. The van der Waals surface area contributed by atoms with Crippen LogP contribution in [0.25, 0.3) is 0 Å². The van der Waals surface area contributed by atoms with Gasteiger partial charge in [0.2, 0.25) is 0 Å². The zero-order valence-electron chi connectivity index (χ0n) is 8.96. The van der Waals surface area contributed by atoms with Crippen LogP contribution in [0, 0.1) is 6.92 Å². The van der Waals surface area contributed by atoms with Crippen molar-refractivity contribution in [3.63, 3.8) is 0 Å². The maximum Gasteiger partial charge on any atom is 0.267 e. The number of rotatable bonds is 2. The Morgan fingerprint density at radius 2 is 2.00 bits per heavy atom. The van der Waals surface area contributed by atoms with Gasteiger partial charge in [-0.25, -0.2) is 0 Å². The van der Waals surface area contributed by atoms with Gasteiger partial charge in [0.25, 0.3) is 5.91 Å². The zero-order chi connectivity index (χ0) is 12.4. The quantitative estimate of drug-likeness (QED) is 0.847. The van der Waals surface area contributed by atoms with E-state index in [0.29, 0.717) is 9.90 Å². The van der Waals surface area contributed by atoms with E-state index < -0.39 is 0 Å². The fraction of sp³-hybridized carbons (Fsp3) is 0.0833. The summed E-state index contributed by atoms with van der Waals surface area (Å²) >= 11 is 10.7. The molecular weight excluding hydrogens is 322 g/mol. The van der Waals surface area contributed by atoms with Crippen LogP contribution in [0.2, 0.25) is 5.02 Å². The fourth-order valence-electron chi connectivity index (χ4n) is 1.30. The van der Waals surface area contributed by atoms with E-state index in [1.807, 2.05) is 36.6 Å². The van der Waals surface area contributed by atoms with E-state index in [4.69, 9.17) is 11.6 Å². The van der Waals surface area contributed by atoms with Gasteiger partial charge in [0, 0.05) is 10.2 Å². The van der Waals surface area contributed by atoms with Crippen molar-refractivity contribution in [3.05, 3.63) is 49.6 Å². The second-order valence-electron chi connectivity index (χ2n) is 3.52. The Balaban J connectivity index is 2.17. The minimum atomic E-state index is -0.171. The molecule has 2 nitrogen and oxygen atoms in total. The molecule has 1 amide bonds. The lowest BCUT2D eigenvalue weighted by molar-refractivity contribution is 0.103. The topological polar surface area (TPSA) is 29.1 Å². The van der Waals surface area contributed by atoms with Gasteiger partial charge in [0.15, 0.2) is 0 Å². The third-order valence-electron chi connectivity index (χ3n) is 2.21. The van der Waals surface area contributed by atoms with E-state index in [0.717, 1.165) is 15.7 Å². The molecule has 0 saturated carbocycles. The Morgan fingerprint density at radius 1 is 1.35 bits per heavy atom. The molecular formula is C12H9BrClNOS. The summed E-state index contributed by atoms with van der Waals surface area (Å²) < 4.78 is 0.973. The number of benzene rings is 1. The first kappa shape index (κ1) is 12.6. The molecule has 2 aromatic rings. The molecule has 1 aromatic heterocycles. The highest BCUT2D eigenvalue weighted by atomic mass is 79.9. The van der Waals surface area contributed by atoms with Crippen molar-refractivity contribution in [2.24, 2.45) is 0 Å². The van der Waals surface area contributed by atoms with Crippen molar-refractivity contribution in [2.45, 2.75) is 6.92 Å². The molecule has 0 aliphatic rings. The molecule has 0 bridgehead atoms. The summed E-state index contributed by atoms with van der Waals surface area (Å²) in [5, 5.41) is 5.21. The number of thiophene rings is 1. The molecule has 2 rings (SSSR count). The van der Waals surface area contributed by atoms with Crippen molar-refractivity contribution in [1.82, 2.24) is 0 Å². The molecule has 1 aromatic carbocycles. The van der Waals surface area contributed by atoms with Crippen LogP contribution in [0.4, 0.5) is 5.69 Å². The van der Waals surface area contributed by atoms with E-state index in [-0.39, 0.29) is 5.91 Å². The average Bonchev–Trinajstić information content (AvgIpc) is 2.63. The monoisotopic (exact) mass is 329 g/mol. The van der Waals surface area contributed by atoms with Gasteiger partial charge in [-0.05, 0) is 42.1 Å². The molecule has 5 heteroatoms. The Labute approximate surface area is 117 Å². The lowest BCUT2D eigenvalue weighted by Crippen LogP contribution is -2.10. The van der Waals surface area contributed by atoms with Crippen LogP contribution in [-0.2, 0) is 0 Å². The molecule has 88 valence electrons. The van der Waals surface area contributed by atoms with Gasteiger partial charge in [-0.15, -0.1) is 11.3 Å². The number of nitrogens with one attached hydrogen (secondary N) is 1. The second kappa shape index (κ2) is 5.21. The third-order valence-corrected chi connectivity index (χ3v) is 4.43. The van der Waals surface area contributed by atoms with Crippen LogP contribution in [0.5, 0.6) is 0 Å². The van der Waals surface area contributed by atoms with Crippen molar-refractivity contribution in [2.75, 3.05) is 5.32 Å². The molecule has 0 radical (unpaired) electrons. The van der Waals surface area contributed by atoms with Crippen LogP contribution in [0.1, 0.15) is 15.2 Å². The van der Waals surface area contributed by atoms with Gasteiger partial charge in [-0.1, -0.05) is 27.5 Å². The molecule has 0 atom stereocenters. The molecule has 17 heavy (non-hydrogen) atoms. The lowest BCUT2D eigenvalue weighted by atomic mass is 10.3. The van der Waals surface area contributed by atoms with Crippen LogP contribution in [0.15, 0.2) is 34.1 Å². The van der Waals surface area contributed by atoms with E-state index in [9.17, 15) is 4.79 Å². The summed E-state index contributed by atoms with van der Waals surface area (Å²) in [6.45, 7) is 1.88. The van der Waals surface area contributed by atoms with E-state index in [2.05, 4.69) is 21.2 Å². The number of aryl methyl sites for hydroxylation is 1. The molecule has 0 saturated heterocycles. The smallest absolute Gasteiger partial charge is 0.267 e. The first-order chi connectivity index (χ1) is 8.08. The molecule has 0 aliphatic heterocycles. The summed E-state index contributed by atoms with van der Waals surface area (Å²) in [4.78, 5) is 12.5. The van der Waals surface area contributed by atoms with Gasteiger partial charge in [0.05, 0.1) is 5.02 Å². The number of carbonyl (C=O) groups is 1. The highest BCUT2D eigenvalue weighted by molar-refractivity contribution is 9.10. The molecule has 0 unspecified atom stereocenters. The number of hydrogen-bond donors (Lipinski definition) is 1. The Morgan fingerprint density at radius 3 is 2.53 bits per heavy atom. The van der Waals surface area contributed by atoms with Crippen LogP contribution < -0.4 is 5.32 Å². The van der Waals surface area contributed by atoms with Crippen LogP contribution in [-0.4, -0.2) is 5.91 Å². The van der Waals surface area contributed by atoms with Crippen molar-refractivity contribution >= 4 is 50.5 Å². The Kier molecular flexibility index (Phi) is 3.86. The van der Waals surface area contributed by atoms with Crippen molar-refractivity contribution < 1.29 is 4.79 Å². The van der Waals surface area contributed by atoms with Crippen LogP contribution >= 0.6 is 38.9 Å². The molecule has 1 heterocycles. The maximum absolute atomic E-state index is 11.9. The first-order valence-electron chi connectivity index (χ1n) is 4.88. The number of amides is 1. The number of halogens is 2. The minimum Gasteiger partial charge on any atom is -0.321 e. The Hall–Kier alpha value is -0.840. The minimum absolute atomic E-state index is 0.171. The summed E-state index contributed by atoms with van der Waals surface area (Å²) in [5.41, 5.74) is 1.68. The Bertz CT molecular complexity index is 550. The predicted octanol–water partition coefficient (Wildman–Crippen LogP) is 4.72. The first-order valence-corrected chi connectivity index (χ1v) is 6.93. The van der Waals surface area contributed by atoms with Gasteiger partial charge < -0.3 is 5.32 Å². The molecule has 1 N–H and O–H groups in total. The van der Waals surface area contributed by atoms with Crippen molar-refractivity contribution in [3.8, 4) is 0 Å². The SMILES string of the molecule is Cc1csc(C(=O)Nc2ccc(Br)cc2)c1Cl. The predicted molar refractivity (Wildman–Crippen MR) is 76.2 cm³/mol. The maximum atomic E-state index is 11.9. The standard InChI is InChI=1S/C12H9BrClNOS/c1-7-6-17-11(10(7)14)12(16)15-9-4-2-8(13)3-5-9/h2-6H,1H3,(H,15,16). The normalized spacial score (nSPS) is 10.3. The zero-order valence-corrected chi connectivity index (χ0v) is 12.1. The largest absolute Gasteiger partial charge is 0.321 e. The highest BCUT2D eigenvalue weighted by Gasteiger charge is 2.14. The van der Waals surface area contributed by atoms with Gasteiger partial charge in [0.1, 0.15) is 4.88 Å². The summed E-state index contributed by atoms with van der Waals surface area (Å²) in [5.74, 6) is -0.171.